The van der Waals surface area contributed by atoms with E-state index in [0.717, 1.165) is 24.6 Å². The Kier molecular flexibility index (Phi) is 8.19. The van der Waals surface area contributed by atoms with Gasteiger partial charge in [0, 0.05) is 13.2 Å². The van der Waals surface area contributed by atoms with E-state index in [1.54, 1.807) is 7.11 Å². The van der Waals surface area contributed by atoms with E-state index in [2.05, 4.69) is 17.0 Å². The van der Waals surface area contributed by atoms with Crippen LogP contribution in [0.1, 0.15) is 24.8 Å². The third-order valence-corrected chi connectivity index (χ3v) is 4.02. The minimum Gasteiger partial charge on any atom is -0.497 e. The van der Waals surface area contributed by atoms with E-state index in [-0.39, 0.29) is 17.0 Å². The van der Waals surface area contributed by atoms with Gasteiger partial charge in [-0.25, -0.2) is 0 Å². The largest absolute Gasteiger partial charge is 0.497 e. The summed E-state index contributed by atoms with van der Waals surface area (Å²) in [7, 11) is 1.71. The van der Waals surface area contributed by atoms with Gasteiger partial charge < -0.3 is 14.7 Å². The molecule has 0 spiro atoms. The van der Waals surface area contributed by atoms with Crippen LogP contribution in [0.15, 0.2) is 24.3 Å². The molecule has 1 aliphatic rings. The minimum absolute atomic E-state index is 0. The second kappa shape index (κ2) is 9.37. The summed E-state index contributed by atoms with van der Waals surface area (Å²) >= 11 is 0. The van der Waals surface area contributed by atoms with E-state index in [4.69, 9.17) is 9.84 Å². The normalized spacial score (nSPS) is 16.7. The molecule has 3 nitrogen and oxygen atoms in total. The van der Waals surface area contributed by atoms with E-state index in [0.29, 0.717) is 6.61 Å². The highest BCUT2D eigenvalue weighted by Crippen LogP contribution is 2.22. The lowest BCUT2D eigenvalue weighted by atomic mass is 9.90. The number of piperidine rings is 1. The first-order chi connectivity index (χ1) is 9.31. The lowest BCUT2D eigenvalue weighted by molar-refractivity contribution is 0.167. The fourth-order valence-electron chi connectivity index (χ4n) is 2.80. The molecule has 1 saturated heterocycles. The van der Waals surface area contributed by atoms with Gasteiger partial charge in [-0.05, 0) is 62.4 Å². The van der Waals surface area contributed by atoms with Gasteiger partial charge in [-0.15, -0.1) is 17.0 Å². The fraction of sp³-hybridized carbons (Fsp3) is 0.625. The molecular weight excluding hydrogens is 318 g/mol. The van der Waals surface area contributed by atoms with Crippen molar-refractivity contribution >= 4 is 17.0 Å². The molecule has 0 amide bonds. The van der Waals surface area contributed by atoms with Crippen molar-refractivity contribution in [2.45, 2.75) is 25.7 Å². The van der Waals surface area contributed by atoms with Crippen LogP contribution in [0.3, 0.4) is 0 Å². The highest BCUT2D eigenvalue weighted by Gasteiger charge is 2.18. The summed E-state index contributed by atoms with van der Waals surface area (Å²) in [6, 6.07) is 8.45. The Balaban J connectivity index is 0.00000200. The number of rotatable bonds is 6. The average molecular weight is 344 g/mol. The van der Waals surface area contributed by atoms with Crippen LogP contribution < -0.4 is 4.74 Å². The molecule has 0 bridgehead atoms. The first kappa shape index (κ1) is 17.5. The lowest BCUT2D eigenvalue weighted by Gasteiger charge is -2.31. The number of halogens is 1. The summed E-state index contributed by atoms with van der Waals surface area (Å²) in [4.78, 5) is 2.47. The molecule has 2 rings (SSSR count). The zero-order chi connectivity index (χ0) is 13.5. The molecule has 0 radical (unpaired) electrons. The summed E-state index contributed by atoms with van der Waals surface area (Å²) in [6.07, 6.45) is 4.63. The van der Waals surface area contributed by atoms with Crippen LogP contribution in [0.5, 0.6) is 5.75 Å². The van der Waals surface area contributed by atoms with E-state index < -0.39 is 0 Å². The van der Waals surface area contributed by atoms with Gasteiger partial charge in [0.05, 0.1) is 7.11 Å². The van der Waals surface area contributed by atoms with Crippen LogP contribution in [-0.2, 0) is 6.42 Å². The quantitative estimate of drug-likeness (QED) is 0.861. The van der Waals surface area contributed by atoms with Crippen molar-refractivity contribution in [3.8, 4) is 5.75 Å². The van der Waals surface area contributed by atoms with Crippen molar-refractivity contribution in [1.82, 2.24) is 4.90 Å². The molecule has 4 heteroatoms. The third kappa shape index (κ3) is 5.43. The molecule has 0 aromatic heterocycles. The van der Waals surface area contributed by atoms with E-state index in [9.17, 15) is 0 Å². The second-order valence-corrected chi connectivity index (χ2v) is 5.41. The molecule has 1 heterocycles. The Bertz CT molecular complexity index is 361. The molecule has 20 heavy (non-hydrogen) atoms. The van der Waals surface area contributed by atoms with Crippen LogP contribution in [0, 0.1) is 5.92 Å². The molecular formula is C16H26BrNO2. The predicted molar refractivity (Wildman–Crippen MR) is 87.9 cm³/mol. The Morgan fingerprint density at radius 2 is 1.85 bits per heavy atom. The Morgan fingerprint density at radius 1 is 1.20 bits per heavy atom. The highest BCUT2D eigenvalue weighted by atomic mass is 79.9. The number of ether oxygens (including phenoxy) is 1. The molecule has 1 aliphatic heterocycles. The Labute approximate surface area is 132 Å². The number of aliphatic hydroxyl groups is 1. The van der Waals surface area contributed by atoms with Crippen molar-refractivity contribution in [1.29, 1.82) is 0 Å². The Morgan fingerprint density at radius 3 is 2.40 bits per heavy atom. The number of hydrogen-bond donors (Lipinski definition) is 1. The van der Waals surface area contributed by atoms with Crippen molar-refractivity contribution in [2.75, 3.05) is 33.4 Å². The van der Waals surface area contributed by atoms with Crippen LogP contribution >= 0.6 is 17.0 Å². The van der Waals surface area contributed by atoms with Crippen molar-refractivity contribution in [3.05, 3.63) is 29.8 Å². The summed E-state index contributed by atoms with van der Waals surface area (Å²) in [5.41, 5.74) is 1.41. The van der Waals surface area contributed by atoms with Crippen molar-refractivity contribution in [2.24, 2.45) is 5.92 Å². The highest BCUT2D eigenvalue weighted by molar-refractivity contribution is 8.93. The van der Waals surface area contributed by atoms with Gasteiger partial charge in [0.15, 0.2) is 0 Å². The van der Waals surface area contributed by atoms with Crippen molar-refractivity contribution < 1.29 is 9.84 Å². The van der Waals surface area contributed by atoms with Crippen LogP contribution in [0.4, 0.5) is 0 Å². The topological polar surface area (TPSA) is 32.7 Å². The number of benzene rings is 1. The zero-order valence-corrected chi connectivity index (χ0v) is 14.0. The van der Waals surface area contributed by atoms with Gasteiger partial charge in [-0.2, -0.15) is 0 Å². The van der Waals surface area contributed by atoms with Crippen LogP contribution in [0.25, 0.3) is 0 Å². The molecule has 0 saturated carbocycles. The monoisotopic (exact) mass is 343 g/mol. The van der Waals surface area contributed by atoms with Gasteiger partial charge in [0.1, 0.15) is 5.75 Å². The second-order valence-electron chi connectivity index (χ2n) is 5.41. The molecule has 0 aliphatic carbocycles. The fourth-order valence-corrected chi connectivity index (χ4v) is 2.80. The predicted octanol–water partition coefficient (Wildman–Crippen LogP) is 2.91. The zero-order valence-electron chi connectivity index (χ0n) is 12.3. The molecule has 0 unspecified atom stereocenters. The molecule has 1 aromatic rings. The smallest absolute Gasteiger partial charge is 0.118 e. The number of methoxy groups -OCH3 is 1. The summed E-state index contributed by atoms with van der Waals surface area (Å²) in [5.74, 6) is 1.74. The molecule has 1 fully saturated rings. The van der Waals surface area contributed by atoms with Crippen LogP contribution in [0.2, 0.25) is 0 Å². The minimum atomic E-state index is 0. The summed E-state index contributed by atoms with van der Waals surface area (Å²) in [6.45, 7) is 3.72. The van der Waals surface area contributed by atoms with Gasteiger partial charge >= 0.3 is 0 Å². The van der Waals surface area contributed by atoms with Crippen molar-refractivity contribution in [3.63, 3.8) is 0 Å². The maximum atomic E-state index is 8.85. The third-order valence-electron chi connectivity index (χ3n) is 4.02. The van der Waals surface area contributed by atoms with Gasteiger partial charge in [-0.1, -0.05) is 12.1 Å². The molecule has 114 valence electrons. The van der Waals surface area contributed by atoms with Crippen LogP contribution in [-0.4, -0.2) is 43.4 Å². The van der Waals surface area contributed by atoms with E-state index in [1.165, 1.54) is 37.9 Å². The molecule has 1 N–H and O–H groups in total. The average Bonchev–Trinajstić information content (AvgIpc) is 2.47. The SMILES string of the molecule is Br.COc1ccc(CC2CCN(CCCO)CC2)cc1. The van der Waals surface area contributed by atoms with E-state index in [1.807, 2.05) is 12.1 Å². The lowest BCUT2D eigenvalue weighted by Crippen LogP contribution is -2.35. The Hall–Kier alpha value is -0.580. The number of aliphatic hydroxyl groups excluding tert-OH is 1. The van der Waals surface area contributed by atoms with Gasteiger partial charge in [-0.3, -0.25) is 0 Å². The summed E-state index contributed by atoms with van der Waals surface area (Å²) in [5, 5.41) is 8.85. The van der Waals surface area contributed by atoms with E-state index >= 15 is 0 Å². The first-order valence-corrected chi connectivity index (χ1v) is 7.28. The van der Waals surface area contributed by atoms with Gasteiger partial charge in [0.25, 0.3) is 0 Å². The number of likely N-dealkylation sites (tertiary alicyclic amines) is 1. The maximum Gasteiger partial charge on any atom is 0.118 e. The van der Waals surface area contributed by atoms with Gasteiger partial charge in [0.2, 0.25) is 0 Å². The molecule has 1 aromatic carbocycles. The maximum absolute atomic E-state index is 8.85. The molecule has 0 atom stereocenters. The first-order valence-electron chi connectivity index (χ1n) is 7.28. The summed E-state index contributed by atoms with van der Waals surface area (Å²) < 4.78 is 5.18. The standard InChI is InChI=1S/C16H25NO2.BrH/c1-19-16-5-3-14(4-6-16)13-15-7-10-17(11-8-15)9-2-12-18;/h3-6,15,18H,2,7-13H2,1H3;1H. The number of hydrogen-bond acceptors (Lipinski definition) is 3. The number of nitrogens with zero attached hydrogens (tertiary/aromatic N) is 1.